The average Bonchev–Trinajstić information content (AvgIpc) is 2.38. The molecular weight excluding hydrogens is 253 g/mol. The van der Waals surface area contributed by atoms with Crippen LogP contribution in [0.15, 0.2) is 30.6 Å². The Bertz CT molecular complexity index is 608. The van der Waals surface area contributed by atoms with E-state index in [9.17, 15) is 9.65 Å². The highest BCUT2D eigenvalue weighted by molar-refractivity contribution is 6.31. The fraction of sp³-hybridized carbons (Fsp3) is 0.154. The molecule has 0 fully saturated rings. The average molecular weight is 262 g/mol. The zero-order valence-electron chi connectivity index (χ0n) is 9.56. The third-order valence-electron chi connectivity index (χ3n) is 2.56. The Labute approximate surface area is 109 Å². The third-order valence-corrected chi connectivity index (χ3v) is 2.89. The molecule has 0 radical (unpaired) electrons. The fourth-order valence-corrected chi connectivity index (χ4v) is 1.94. The van der Waals surface area contributed by atoms with Crippen molar-refractivity contribution in [2.24, 2.45) is 0 Å². The van der Waals surface area contributed by atoms with Crippen molar-refractivity contribution in [1.82, 2.24) is 9.97 Å². The maximum atomic E-state index is 13.6. The van der Waals surface area contributed by atoms with Crippen molar-refractivity contribution >= 4 is 11.6 Å². The van der Waals surface area contributed by atoms with E-state index in [0.717, 1.165) is 0 Å². The standard InChI is InChI=1S/C13H9ClFN3/c1-8-5-11(14)9(6-12(8)15)10(7-16)13-17-3-2-4-18-13/h2-6,10H,1H3. The Kier molecular flexibility index (Phi) is 3.54. The second-order valence-corrected chi connectivity index (χ2v) is 4.20. The molecule has 3 nitrogen and oxygen atoms in total. The summed E-state index contributed by atoms with van der Waals surface area (Å²) in [7, 11) is 0. The summed E-state index contributed by atoms with van der Waals surface area (Å²) in [5.74, 6) is -0.857. The summed E-state index contributed by atoms with van der Waals surface area (Å²) in [4.78, 5) is 8.01. The van der Waals surface area contributed by atoms with Crippen molar-refractivity contribution in [2.45, 2.75) is 12.8 Å². The van der Waals surface area contributed by atoms with Gasteiger partial charge in [-0.25, -0.2) is 14.4 Å². The van der Waals surface area contributed by atoms with Crippen LogP contribution in [0.25, 0.3) is 0 Å². The topological polar surface area (TPSA) is 49.6 Å². The molecule has 0 saturated carbocycles. The first-order valence-corrected chi connectivity index (χ1v) is 5.63. The minimum absolute atomic E-state index is 0.310. The van der Waals surface area contributed by atoms with Crippen molar-refractivity contribution in [3.8, 4) is 6.07 Å². The molecule has 1 unspecified atom stereocenters. The van der Waals surface area contributed by atoms with E-state index in [-0.39, 0.29) is 0 Å². The molecule has 0 N–H and O–H groups in total. The van der Waals surface area contributed by atoms with Gasteiger partial charge in [0.2, 0.25) is 0 Å². The Morgan fingerprint density at radius 2 is 2.00 bits per heavy atom. The minimum Gasteiger partial charge on any atom is -0.240 e. The number of hydrogen-bond donors (Lipinski definition) is 0. The highest BCUT2D eigenvalue weighted by Gasteiger charge is 2.20. The molecule has 1 heterocycles. The molecule has 18 heavy (non-hydrogen) atoms. The van der Waals surface area contributed by atoms with Crippen LogP contribution in [-0.2, 0) is 0 Å². The summed E-state index contributed by atoms with van der Waals surface area (Å²) in [5.41, 5.74) is 0.822. The smallest absolute Gasteiger partial charge is 0.149 e. The molecular formula is C13H9ClFN3. The molecule has 1 aromatic heterocycles. The monoisotopic (exact) mass is 261 g/mol. The molecule has 0 amide bonds. The van der Waals surface area contributed by atoms with Crippen molar-refractivity contribution in [1.29, 1.82) is 5.26 Å². The number of aromatic nitrogens is 2. The number of nitrogens with zero attached hydrogens (tertiary/aromatic N) is 3. The van der Waals surface area contributed by atoms with E-state index in [1.165, 1.54) is 24.5 Å². The molecule has 90 valence electrons. The van der Waals surface area contributed by atoms with Crippen LogP contribution in [0.5, 0.6) is 0 Å². The molecule has 0 bridgehead atoms. The minimum atomic E-state index is -0.770. The van der Waals surface area contributed by atoms with Crippen molar-refractivity contribution in [3.63, 3.8) is 0 Å². The molecule has 5 heteroatoms. The number of hydrogen-bond acceptors (Lipinski definition) is 3. The normalized spacial score (nSPS) is 11.9. The van der Waals surface area contributed by atoms with Gasteiger partial charge in [-0.1, -0.05) is 11.6 Å². The molecule has 1 aromatic carbocycles. The first-order chi connectivity index (χ1) is 8.63. The van der Waals surface area contributed by atoms with Gasteiger partial charge in [0, 0.05) is 17.4 Å². The van der Waals surface area contributed by atoms with Crippen LogP contribution in [0.2, 0.25) is 5.02 Å². The van der Waals surface area contributed by atoms with Crippen LogP contribution in [0, 0.1) is 24.1 Å². The Morgan fingerprint density at radius 3 is 2.61 bits per heavy atom. The van der Waals surface area contributed by atoms with Crippen molar-refractivity contribution in [2.75, 3.05) is 0 Å². The van der Waals surface area contributed by atoms with Gasteiger partial charge in [0.15, 0.2) is 0 Å². The van der Waals surface area contributed by atoms with Gasteiger partial charge in [0.05, 0.1) is 6.07 Å². The summed E-state index contributed by atoms with van der Waals surface area (Å²) in [6.07, 6.45) is 3.07. The lowest BCUT2D eigenvalue weighted by Gasteiger charge is -2.11. The van der Waals surface area contributed by atoms with Crippen LogP contribution in [0.3, 0.4) is 0 Å². The summed E-state index contributed by atoms with van der Waals surface area (Å²) in [6, 6.07) is 6.46. The first-order valence-electron chi connectivity index (χ1n) is 5.25. The van der Waals surface area contributed by atoms with E-state index < -0.39 is 11.7 Å². The van der Waals surface area contributed by atoms with E-state index in [0.29, 0.717) is 22.0 Å². The second kappa shape index (κ2) is 5.11. The van der Waals surface area contributed by atoms with Gasteiger partial charge in [0.1, 0.15) is 17.6 Å². The number of benzene rings is 1. The zero-order chi connectivity index (χ0) is 13.1. The molecule has 1 atom stereocenters. The van der Waals surface area contributed by atoms with Crippen LogP contribution < -0.4 is 0 Å². The lowest BCUT2D eigenvalue weighted by Crippen LogP contribution is -2.05. The van der Waals surface area contributed by atoms with E-state index in [4.69, 9.17) is 11.6 Å². The van der Waals surface area contributed by atoms with Gasteiger partial charge in [-0.15, -0.1) is 0 Å². The molecule has 2 aromatic rings. The predicted molar refractivity (Wildman–Crippen MR) is 65.6 cm³/mol. The number of nitriles is 1. The molecule has 0 saturated heterocycles. The van der Waals surface area contributed by atoms with Gasteiger partial charge < -0.3 is 0 Å². The number of aryl methyl sites for hydroxylation is 1. The van der Waals surface area contributed by atoms with Crippen molar-refractivity contribution < 1.29 is 4.39 Å². The fourth-order valence-electron chi connectivity index (χ4n) is 1.61. The Morgan fingerprint density at radius 1 is 1.33 bits per heavy atom. The van der Waals surface area contributed by atoms with Crippen LogP contribution in [0.1, 0.15) is 22.9 Å². The quantitative estimate of drug-likeness (QED) is 0.834. The molecule has 2 rings (SSSR count). The Balaban J connectivity index is 2.53. The number of halogens is 2. The van der Waals surface area contributed by atoms with Crippen molar-refractivity contribution in [3.05, 3.63) is 58.4 Å². The summed E-state index contributed by atoms with van der Waals surface area (Å²) >= 11 is 6.05. The SMILES string of the molecule is Cc1cc(Cl)c(C(C#N)c2ncccn2)cc1F. The highest BCUT2D eigenvalue weighted by Crippen LogP contribution is 2.29. The predicted octanol–water partition coefficient (Wildman–Crippen LogP) is 3.23. The van der Waals surface area contributed by atoms with Gasteiger partial charge in [-0.2, -0.15) is 5.26 Å². The zero-order valence-corrected chi connectivity index (χ0v) is 10.3. The summed E-state index contributed by atoms with van der Waals surface area (Å²) < 4.78 is 13.6. The van der Waals surface area contributed by atoms with E-state index in [1.54, 1.807) is 13.0 Å². The lowest BCUT2D eigenvalue weighted by atomic mass is 9.98. The van der Waals surface area contributed by atoms with Crippen LogP contribution in [-0.4, -0.2) is 9.97 Å². The largest absolute Gasteiger partial charge is 0.240 e. The summed E-state index contributed by atoms with van der Waals surface area (Å²) in [5, 5.41) is 9.55. The molecule has 0 aliphatic heterocycles. The van der Waals surface area contributed by atoms with Gasteiger partial charge in [-0.3, -0.25) is 0 Å². The van der Waals surface area contributed by atoms with E-state index in [1.807, 2.05) is 6.07 Å². The summed E-state index contributed by atoms with van der Waals surface area (Å²) in [6.45, 7) is 1.62. The van der Waals surface area contributed by atoms with E-state index >= 15 is 0 Å². The molecule has 0 spiro atoms. The van der Waals surface area contributed by atoms with Gasteiger partial charge >= 0.3 is 0 Å². The van der Waals surface area contributed by atoms with E-state index in [2.05, 4.69) is 9.97 Å². The maximum Gasteiger partial charge on any atom is 0.149 e. The van der Waals surface area contributed by atoms with Gasteiger partial charge in [0.25, 0.3) is 0 Å². The van der Waals surface area contributed by atoms with Crippen LogP contribution in [0.4, 0.5) is 4.39 Å². The highest BCUT2D eigenvalue weighted by atomic mass is 35.5. The first kappa shape index (κ1) is 12.5. The third kappa shape index (κ3) is 2.31. The molecule has 0 aliphatic rings. The maximum absolute atomic E-state index is 13.6. The van der Waals surface area contributed by atoms with Crippen LogP contribution >= 0.6 is 11.6 Å². The number of rotatable bonds is 2. The van der Waals surface area contributed by atoms with Gasteiger partial charge in [-0.05, 0) is 36.2 Å². The Hall–Kier alpha value is -1.99. The second-order valence-electron chi connectivity index (χ2n) is 3.79. The lowest BCUT2D eigenvalue weighted by molar-refractivity contribution is 0.615. The molecule has 0 aliphatic carbocycles.